The third-order valence-corrected chi connectivity index (χ3v) is 2.75. The number of hydrogen-bond acceptors (Lipinski definition) is 4. The summed E-state index contributed by atoms with van der Waals surface area (Å²) in [7, 11) is -2.40. The fourth-order valence-electron chi connectivity index (χ4n) is 1.73. The molecule has 23 heavy (non-hydrogen) atoms. The molecule has 0 saturated heterocycles. The van der Waals surface area contributed by atoms with Crippen LogP contribution in [0.2, 0.25) is 0 Å². The molecule has 1 aromatic heterocycles. The van der Waals surface area contributed by atoms with Gasteiger partial charge in [-0.3, -0.25) is 0 Å². The average molecular weight is 336 g/mol. The molecule has 0 atom stereocenters. The third-order valence-electron chi connectivity index (χ3n) is 2.75. The largest absolute Gasteiger partial charge is 0.528 e. The number of hydrogen-bond donors (Lipinski definition) is 2. The first-order valence-corrected chi connectivity index (χ1v) is 5.98. The Kier molecular flexibility index (Phi) is 4.35. The van der Waals surface area contributed by atoms with Gasteiger partial charge in [-0.15, -0.1) is 0 Å². The maximum absolute atomic E-state index is 12.8. The van der Waals surface area contributed by atoms with Crippen molar-refractivity contribution in [2.75, 3.05) is 0 Å². The van der Waals surface area contributed by atoms with E-state index in [4.69, 9.17) is 10.0 Å². The molecular formula is C12H7BF6N2O2. The lowest BCUT2D eigenvalue weighted by atomic mass is 9.90. The summed E-state index contributed by atoms with van der Waals surface area (Å²) in [6.07, 6.45) is -9.61. The van der Waals surface area contributed by atoms with Crippen LogP contribution in [-0.2, 0) is 12.4 Å². The van der Waals surface area contributed by atoms with E-state index in [1.165, 1.54) is 0 Å². The van der Waals surface area contributed by atoms with Crippen molar-refractivity contribution in [1.82, 2.24) is 9.97 Å². The normalized spacial score (nSPS) is 12.3. The lowest BCUT2D eigenvalue weighted by molar-refractivity contribution is -0.141. The van der Waals surface area contributed by atoms with Crippen molar-refractivity contribution in [3.05, 3.63) is 41.6 Å². The van der Waals surface area contributed by atoms with Crippen LogP contribution in [0.15, 0.2) is 30.3 Å². The van der Waals surface area contributed by atoms with Gasteiger partial charge in [0.1, 0.15) is 5.69 Å². The summed E-state index contributed by atoms with van der Waals surface area (Å²) in [6.45, 7) is 0. The van der Waals surface area contributed by atoms with Crippen LogP contribution < -0.4 is 5.72 Å². The summed E-state index contributed by atoms with van der Waals surface area (Å²) < 4.78 is 76.3. The minimum Gasteiger partial charge on any atom is -0.421 e. The van der Waals surface area contributed by atoms with Crippen LogP contribution in [0.3, 0.4) is 0 Å². The molecule has 122 valence electrons. The van der Waals surface area contributed by atoms with Crippen LogP contribution in [0.5, 0.6) is 0 Å². The van der Waals surface area contributed by atoms with E-state index in [2.05, 4.69) is 9.97 Å². The van der Waals surface area contributed by atoms with Gasteiger partial charge < -0.3 is 10.0 Å². The van der Waals surface area contributed by atoms with Crippen molar-refractivity contribution in [2.45, 2.75) is 12.4 Å². The van der Waals surface area contributed by atoms with E-state index in [9.17, 15) is 26.3 Å². The van der Waals surface area contributed by atoms with Crippen molar-refractivity contribution >= 4 is 12.8 Å². The van der Waals surface area contributed by atoms with Crippen molar-refractivity contribution in [3.8, 4) is 11.3 Å². The Hall–Kier alpha value is -2.14. The minimum atomic E-state index is -4.93. The lowest BCUT2D eigenvalue weighted by Gasteiger charge is -2.12. The van der Waals surface area contributed by atoms with E-state index in [1.807, 2.05) is 0 Å². The SMILES string of the molecule is OB(O)c1nc(-c2cccc(C(F)(F)F)c2)cc(C(F)(F)F)n1. The number of alkyl halides is 6. The zero-order valence-corrected chi connectivity index (χ0v) is 11.0. The van der Waals surface area contributed by atoms with Crippen LogP contribution in [0.1, 0.15) is 11.3 Å². The Morgan fingerprint density at radius 3 is 2.04 bits per heavy atom. The zero-order valence-electron chi connectivity index (χ0n) is 11.0. The van der Waals surface area contributed by atoms with E-state index in [0.717, 1.165) is 18.2 Å². The summed E-state index contributed by atoms with van der Waals surface area (Å²) in [6, 6.07) is 3.91. The summed E-state index contributed by atoms with van der Waals surface area (Å²) in [4.78, 5) is 6.40. The number of rotatable bonds is 2. The summed E-state index contributed by atoms with van der Waals surface area (Å²) in [5, 5.41) is 17.9. The molecule has 0 saturated carbocycles. The predicted molar refractivity (Wildman–Crippen MR) is 67.3 cm³/mol. The Morgan fingerprint density at radius 1 is 0.870 bits per heavy atom. The number of aromatic nitrogens is 2. The fraction of sp³-hybridized carbons (Fsp3) is 0.167. The molecule has 2 N–H and O–H groups in total. The zero-order chi connectivity index (χ0) is 17.4. The molecule has 0 bridgehead atoms. The Balaban J connectivity index is 2.61. The smallest absolute Gasteiger partial charge is 0.421 e. The third kappa shape index (κ3) is 3.99. The molecule has 2 rings (SSSR count). The molecule has 0 aliphatic heterocycles. The van der Waals surface area contributed by atoms with E-state index in [0.29, 0.717) is 12.1 Å². The maximum Gasteiger partial charge on any atom is 0.528 e. The van der Waals surface area contributed by atoms with Crippen LogP contribution >= 0.6 is 0 Å². The quantitative estimate of drug-likeness (QED) is 0.649. The van der Waals surface area contributed by atoms with Gasteiger partial charge in [-0.05, 0) is 18.2 Å². The number of halogens is 6. The second kappa shape index (κ2) is 5.82. The number of nitrogens with zero attached hydrogens (tertiary/aromatic N) is 2. The van der Waals surface area contributed by atoms with Gasteiger partial charge in [0.25, 0.3) is 0 Å². The van der Waals surface area contributed by atoms with Crippen LogP contribution in [-0.4, -0.2) is 27.1 Å². The van der Waals surface area contributed by atoms with Crippen molar-refractivity contribution in [3.63, 3.8) is 0 Å². The molecule has 4 nitrogen and oxygen atoms in total. The molecule has 11 heteroatoms. The van der Waals surface area contributed by atoms with Crippen LogP contribution in [0, 0.1) is 0 Å². The molecule has 0 aliphatic rings. The molecule has 0 spiro atoms. The Morgan fingerprint density at radius 2 is 1.52 bits per heavy atom. The van der Waals surface area contributed by atoms with E-state index >= 15 is 0 Å². The topological polar surface area (TPSA) is 66.2 Å². The van der Waals surface area contributed by atoms with Gasteiger partial charge in [0.05, 0.1) is 11.3 Å². The van der Waals surface area contributed by atoms with Gasteiger partial charge in [0.15, 0.2) is 5.72 Å². The molecular weight excluding hydrogens is 329 g/mol. The van der Waals surface area contributed by atoms with Gasteiger partial charge in [-0.25, -0.2) is 9.97 Å². The highest BCUT2D eigenvalue weighted by atomic mass is 19.4. The molecule has 2 aromatic rings. The first kappa shape index (κ1) is 17.2. The molecule has 0 radical (unpaired) electrons. The van der Waals surface area contributed by atoms with E-state index < -0.39 is 42.1 Å². The van der Waals surface area contributed by atoms with Gasteiger partial charge in [-0.1, -0.05) is 12.1 Å². The summed E-state index contributed by atoms with van der Waals surface area (Å²) in [5.74, 6) is 0. The molecule has 1 heterocycles. The molecule has 0 amide bonds. The van der Waals surface area contributed by atoms with Gasteiger partial charge in [-0.2, -0.15) is 26.3 Å². The first-order chi connectivity index (χ1) is 10.5. The van der Waals surface area contributed by atoms with Crippen molar-refractivity contribution in [2.24, 2.45) is 0 Å². The van der Waals surface area contributed by atoms with Crippen molar-refractivity contribution < 1.29 is 36.4 Å². The highest BCUT2D eigenvalue weighted by Crippen LogP contribution is 2.33. The molecule has 0 unspecified atom stereocenters. The summed E-state index contributed by atoms with van der Waals surface area (Å²) in [5.41, 5.74) is -4.32. The monoisotopic (exact) mass is 336 g/mol. The highest BCUT2D eigenvalue weighted by molar-refractivity contribution is 6.56. The molecule has 0 fully saturated rings. The first-order valence-electron chi connectivity index (χ1n) is 5.98. The van der Waals surface area contributed by atoms with Gasteiger partial charge in [0.2, 0.25) is 0 Å². The standard InChI is InChI=1S/C12H7BF6N2O2/c14-11(15,16)7-3-1-2-6(4-7)8-5-9(12(17,18)19)21-10(20-8)13(22)23/h1-5,22-23H. The number of benzene rings is 1. The second-order valence-electron chi connectivity index (χ2n) is 4.45. The van der Waals surface area contributed by atoms with E-state index in [1.54, 1.807) is 0 Å². The van der Waals surface area contributed by atoms with E-state index in [-0.39, 0.29) is 5.56 Å². The predicted octanol–water partition coefficient (Wildman–Crippen LogP) is 1.86. The molecule has 0 aliphatic carbocycles. The fourth-order valence-corrected chi connectivity index (χ4v) is 1.73. The second-order valence-corrected chi connectivity index (χ2v) is 4.45. The van der Waals surface area contributed by atoms with Crippen molar-refractivity contribution in [1.29, 1.82) is 0 Å². The van der Waals surface area contributed by atoms with Crippen LogP contribution in [0.4, 0.5) is 26.3 Å². The maximum atomic E-state index is 12.8. The van der Waals surface area contributed by atoms with Gasteiger partial charge >= 0.3 is 19.5 Å². The highest BCUT2D eigenvalue weighted by Gasteiger charge is 2.35. The van der Waals surface area contributed by atoms with Gasteiger partial charge in [0, 0.05) is 5.56 Å². The van der Waals surface area contributed by atoms with Crippen LogP contribution in [0.25, 0.3) is 11.3 Å². The lowest BCUT2D eigenvalue weighted by Crippen LogP contribution is -2.37. The Bertz CT molecular complexity index is 717. The minimum absolute atomic E-state index is 0.269. The average Bonchev–Trinajstić information content (AvgIpc) is 2.45. The summed E-state index contributed by atoms with van der Waals surface area (Å²) >= 11 is 0. The molecule has 1 aromatic carbocycles. The Labute approximate surface area is 125 Å².